The molecule has 0 aliphatic heterocycles. The standard InChI is InChI=1S/C51H33N3/c1-4-17-34(18-5-1)49-50(54-30-15-14-29-47(54)53-49)36-20-16-19-35(31-36)48-43-32-42-39-25-10-12-27-44(39)51(37-21-6-2-7-22-37,38-23-8-3-9-24-38)45(42)33-41(43)40-26-11-13-28-46(40)52-48/h1-33H. The molecule has 0 saturated carbocycles. The Hall–Kier alpha value is -7.10. The average Bonchev–Trinajstić information content (AvgIpc) is 3.78. The zero-order chi connectivity index (χ0) is 35.6. The molecule has 3 heterocycles. The topological polar surface area (TPSA) is 30.2 Å². The molecule has 10 aromatic rings. The molecule has 1 aliphatic carbocycles. The van der Waals surface area contributed by atoms with E-state index in [2.05, 4.69) is 199 Å². The van der Waals surface area contributed by atoms with Crippen molar-refractivity contribution in [2.45, 2.75) is 5.41 Å². The summed E-state index contributed by atoms with van der Waals surface area (Å²) in [5.74, 6) is 0. The zero-order valence-corrected chi connectivity index (χ0v) is 29.4. The smallest absolute Gasteiger partial charge is 0.137 e. The third-order valence-electron chi connectivity index (χ3n) is 11.3. The van der Waals surface area contributed by atoms with Crippen LogP contribution in [0.15, 0.2) is 200 Å². The second kappa shape index (κ2) is 12.0. The lowest BCUT2D eigenvalue weighted by Crippen LogP contribution is -2.28. The normalized spacial score (nSPS) is 13.0. The van der Waals surface area contributed by atoms with Crippen LogP contribution in [0.1, 0.15) is 22.3 Å². The van der Waals surface area contributed by atoms with Crippen LogP contribution in [0.3, 0.4) is 0 Å². The second-order valence-electron chi connectivity index (χ2n) is 14.1. The fraction of sp³-hybridized carbons (Fsp3) is 0.0196. The van der Waals surface area contributed by atoms with Crippen molar-refractivity contribution in [1.29, 1.82) is 0 Å². The van der Waals surface area contributed by atoms with E-state index in [0.29, 0.717) is 0 Å². The monoisotopic (exact) mass is 687 g/mol. The van der Waals surface area contributed by atoms with E-state index >= 15 is 0 Å². The Morgan fingerprint density at radius 3 is 1.83 bits per heavy atom. The Balaban J connectivity index is 1.21. The summed E-state index contributed by atoms with van der Waals surface area (Å²) in [5, 5.41) is 3.48. The van der Waals surface area contributed by atoms with Crippen LogP contribution in [-0.2, 0) is 5.41 Å². The lowest BCUT2D eigenvalue weighted by Gasteiger charge is -2.34. The highest BCUT2D eigenvalue weighted by Crippen LogP contribution is 2.57. The van der Waals surface area contributed by atoms with E-state index in [-0.39, 0.29) is 0 Å². The molecule has 0 spiro atoms. The summed E-state index contributed by atoms with van der Waals surface area (Å²) in [6.45, 7) is 0. The SMILES string of the molecule is c1ccc(-c2nc3ccccn3c2-c2cccc(-c3nc4ccccc4c4cc5c(cc34)-c3ccccc3C5(c3ccccc3)c3ccccc3)c2)cc1. The molecular formula is C51H33N3. The molecule has 3 heteroatoms. The van der Waals surface area contributed by atoms with Crippen molar-refractivity contribution in [3.8, 4) is 44.9 Å². The molecule has 0 fully saturated rings. The van der Waals surface area contributed by atoms with Crippen LogP contribution in [0.4, 0.5) is 0 Å². The molecule has 0 unspecified atom stereocenters. The third-order valence-corrected chi connectivity index (χ3v) is 11.3. The van der Waals surface area contributed by atoms with Gasteiger partial charge < -0.3 is 0 Å². The van der Waals surface area contributed by atoms with Gasteiger partial charge in [0.25, 0.3) is 0 Å². The van der Waals surface area contributed by atoms with Gasteiger partial charge in [-0.2, -0.15) is 0 Å². The van der Waals surface area contributed by atoms with Gasteiger partial charge in [-0.25, -0.2) is 9.97 Å². The van der Waals surface area contributed by atoms with Crippen molar-refractivity contribution in [3.05, 3.63) is 223 Å². The molecule has 0 atom stereocenters. The number of nitrogens with zero attached hydrogens (tertiary/aromatic N) is 3. The molecule has 7 aromatic carbocycles. The fourth-order valence-electron chi connectivity index (χ4n) is 8.99. The van der Waals surface area contributed by atoms with Gasteiger partial charge in [-0.15, -0.1) is 0 Å². The van der Waals surface area contributed by atoms with Crippen molar-refractivity contribution in [2.24, 2.45) is 0 Å². The number of pyridine rings is 2. The van der Waals surface area contributed by atoms with Crippen LogP contribution in [0.5, 0.6) is 0 Å². The van der Waals surface area contributed by atoms with Gasteiger partial charge in [-0.3, -0.25) is 4.40 Å². The number of hydrogen-bond donors (Lipinski definition) is 0. The Bertz CT molecular complexity index is 3000. The van der Waals surface area contributed by atoms with E-state index in [1.54, 1.807) is 0 Å². The van der Waals surface area contributed by atoms with Crippen LogP contribution < -0.4 is 0 Å². The van der Waals surface area contributed by atoms with E-state index in [0.717, 1.165) is 55.7 Å². The molecule has 252 valence electrons. The molecule has 0 amide bonds. The highest BCUT2D eigenvalue weighted by Gasteiger charge is 2.46. The maximum absolute atomic E-state index is 5.45. The lowest BCUT2D eigenvalue weighted by molar-refractivity contribution is 0.769. The third kappa shape index (κ3) is 4.42. The molecule has 1 aliphatic rings. The molecule has 0 saturated heterocycles. The number of para-hydroxylation sites is 1. The van der Waals surface area contributed by atoms with Crippen LogP contribution in [0, 0.1) is 0 Å². The first-order chi connectivity index (χ1) is 26.8. The van der Waals surface area contributed by atoms with E-state index in [9.17, 15) is 0 Å². The van der Waals surface area contributed by atoms with E-state index in [1.807, 2.05) is 6.07 Å². The summed E-state index contributed by atoms with van der Waals surface area (Å²) in [5.41, 5.74) is 15.3. The summed E-state index contributed by atoms with van der Waals surface area (Å²) >= 11 is 0. The lowest BCUT2D eigenvalue weighted by atomic mass is 9.67. The fourth-order valence-corrected chi connectivity index (χ4v) is 8.99. The Kier molecular flexibility index (Phi) is 6.77. The van der Waals surface area contributed by atoms with Gasteiger partial charge in [0.2, 0.25) is 0 Å². The van der Waals surface area contributed by atoms with Gasteiger partial charge in [0, 0.05) is 33.7 Å². The molecular weight excluding hydrogens is 655 g/mol. The van der Waals surface area contributed by atoms with E-state index in [4.69, 9.17) is 9.97 Å². The summed E-state index contributed by atoms with van der Waals surface area (Å²) < 4.78 is 2.20. The summed E-state index contributed by atoms with van der Waals surface area (Å²) in [6, 6.07) is 70.0. The largest absolute Gasteiger partial charge is 0.299 e. The van der Waals surface area contributed by atoms with Gasteiger partial charge in [-0.1, -0.05) is 158 Å². The van der Waals surface area contributed by atoms with Crippen molar-refractivity contribution >= 4 is 27.3 Å². The Morgan fingerprint density at radius 2 is 1.04 bits per heavy atom. The van der Waals surface area contributed by atoms with Gasteiger partial charge in [0.05, 0.1) is 28.0 Å². The number of aromatic nitrogens is 3. The highest BCUT2D eigenvalue weighted by atomic mass is 15.0. The van der Waals surface area contributed by atoms with Gasteiger partial charge >= 0.3 is 0 Å². The molecule has 54 heavy (non-hydrogen) atoms. The van der Waals surface area contributed by atoms with Crippen LogP contribution in [-0.4, -0.2) is 14.4 Å². The minimum absolute atomic E-state index is 0.482. The van der Waals surface area contributed by atoms with E-state index in [1.165, 1.54) is 38.8 Å². The van der Waals surface area contributed by atoms with Crippen molar-refractivity contribution in [3.63, 3.8) is 0 Å². The van der Waals surface area contributed by atoms with Crippen molar-refractivity contribution in [1.82, 2.24) is 14.4 Å². The van der Waals surface area contributed by atoms with Crippen LogP contribution >= 0.6 is 0 Å². The van der Waals surface area contributed by atoms with Crippen LogP contribution in [0.2, 0.25) is 0 Å². The maximum Gasteiger partial charge on any atom is 0.137 e. The Labute approximate surface area is 313 Å². The van der Waals surface area contributed by atoms with Crippen LogP contribution in [0.25, 0.3) is 72.2 Å². The molecule has 11 rings (SSSR count). The maximum atomic E-state index is 5.45. The number of hydrogen-bond acceptors (Lipinski definition) is 2. The van der Waals surface area contributed by atoms with Crippen molar-refractivity contribution in [2.75, 3.05) is 0 Å². The first kappa shape index (κ1) is 30.5. The minimum atomic E-state index is -0.482. The molecule has 3 aromatic heterocycles. The summed E-state index contributed by atoms with van der Waals surface area (Å²) in [7, 11) is 0. The second-order valence-corrected chi connectivity index (χ2v) is 14.1. The van der Waals surface area contributed by atoms with Gasteiger partial charge in [-0.05, 0) is 75.2 Å². The number of fused-ring (bicyclic) bond motifs is 7. The molecule has 3 nitrogen and oxygen atoms in total. The number of rotatable bonds is 5. The summed E-state index contributed by atoms with van der Waals surface area (Å²) in [4.78, 5) is 10.6. The first-order valence-corrected chi connectivity index (χ1v) is 18.5. The molecule has 0 bridgehead atoms. The van der Waals surface area contributed by atoms with Gasteiger partial charge in [0.1, 0.15) is 5.65 Å². The average molecular weight is 688 g/mol. The Morgan fingerprint density at radius 1 is 0.389 bits per heavy atom. The zero-order valence-electron chi connectivity index (χ0n) is 29.4. The van der Waals surface area contributed by atoms with Crippen molar-refractivity contribution < 1.29 is 0 Å². The number of benzene rings is 7. The van der Waals surface area contributed by atoms with E-state index < -0.39 is 5.41 Å². The predicted molar refractivity (Wildman–Crippen MR) is 222 cm³/mol. The first-order valence-electron chi connectivity index (χ1n) is 18.5. The minimum Gasteiger partial charge on any atom is -0.299 e. The van der Waals surface area contributed by atoms with Gasteiger partial charge in [0.15, 0.2) is 0 Å². The molecule has 0 N–H and O–H groups in total. The predicted octanol–water partition coefficient (Wildman–Crippen LogP) is 12.4. The quantitative estimate of drug-likeness (QED) is 0.169. The number of imidazole rings is 1. The highest BCUT2D eigenvalue weighted by molar-refractivity contribution is 6.13. The molecule has 0 radical (unpaired) electrons. The summed E-state index contributed by atoms with van der Waals surface area (Å²) in [6.07, 6.45) is 2.10.